The van der Waals surface area contributed by atoms with E-state index < -0.39 is 0 Å². The normalized spacial score (nSPS) is 16.6. The predicted molar refractivity (Wildman–Crippen MR) is 96.4 cm³/mol. The van der Waals surface area contributed by atoms with Gasteiger partial charge in [0.1, 0.15) is 17.6 Å². The second kappa shape index (κ2) is 6.59. The van der Waals surface area contributed by atoms with Crippen molar-refractivity contribution in [3.05, 3.63) is 95.2 Å². The Labute approximate surface area is 150 Å². The van der Waals surface area contributed by atoms with Crippen molar-refractivity contribution in [3.63, 3.8) is 0 Å². The Morgan fingerprint density at radius 3 is 2.50 bits per heavy atom. The van der Waals surface area contributed by atoms with Crippen molar-refractivity contribution in [2.75, 3.05) is 0 Å². The van der Waals surface area contributed by atoms with Crippen LogP contribution in [0.15, 0.2) is 76.4 Å². The Bertz CT molecular complexity index is 945. The third-order valence-corrected chi connectivity index (χ3v) is 4.47. The standard InChI is InChI=1S/C21H17FN2O2/c1-14-4-6-16(7-5-14)21(25)24-19(20-3-2-12-26-20)13-18(23-24)15-8-10-17(22)11-9-15/h2-12,19H,13H2,1H3. The van der Waals surface area contributed by atoms with Gasteiger partial charge < -0.3 is 4.42 Å². The van der Waals surface area contributed by atoms with Crippen LogP contribution in [-0.2, 0) is 0 Å². The zero-order chi connectivity index (χ0) is 18.1. The molecule has 1 aliphatic rings. The molecule has 0 spiro atoms. The summed E-state index contributed by atoms with van der Waals surface area (Å²) in [6, 6.07) is 16.8. The zero-order valence-corrected chi connectivity index (χ0v) is 14.2. The highest BCUT2D eigenvalue weighted by Gasteiger charge is 2.35. The minimum Gasteiger partial charge on any atom is -0.467 e. The van der Waals surface area contributed by atoms with Crippen LogP contribution in [-0.4, -0.2) is 16.6 Å². The molecule has 1 atom stereocenters. The molecule has 0 radical (unpaired) electrons. The van der Waals surface area contributed by atoms with E-state index in [9.17, 15) is 9.18 Å². The van der Waals surface area contributed by atoms with Crippen molar-refractivity contribution in [1.82, 2.24) is 5.01 Å². The highest BCUT2D eigenvalue weighted by atomic mass is 19.1. The average Bonchev–Trinajstić information content (AvgIpc) is 3.32. The molecule has 26 heavy (non-hydrogen) atoms. The molecule has 0 bridgehead atoms. The Kier molecular flexibility index (Phi) is 4.13. The number of benzene rings is 2. The van der Waals surface area contributed by atoms with Crippen LogP contribution in [0.1, 0.15) is 39.7 Å². The quantitative estimate of drug-likeness (QED) is 0.687. The van der Waals surface area contributed by atoms with Crippen molar-refractivity contribution in [2.45, 2.75) is 19.4 Å². The van der Waals surface area contributed by atoms with Crippen LogP contribution >= 0.6 is 0 Å². The Morgan fingerprint density at radius 2 is 1.85 bits per heavy atom. The topological polar surface area (TPSA) is 45.8 Å². The van der Waals surface area contributed by atoms with E-state index in [1.807, 2.05) is 25.1 Å². The second-order valence-corrected chi connectivity index (χ2v) is 6.30. The van der Waals surface area contributed by atoms with Crippen LogP contribution in [0.2, 0.25) is 0 Å². The molecule has 0 saturated heterocycles. The first-order valence-corrected chi connectivity index (χ1v) is 8.39. The first kappa shape index (κ1) is 16.3. The van der Waals surface area contributed by atoms with Crippen LogP contribution in [0.5, 0.6) is 0 Å². The largest absolute Gasteiger partial charge is 0.467 e. The van der Waals surface area contributed by atoms with Gasteiger partial charge in [-0.15, -0.1) is 0 Å². The van der Waals surface area contributed by atoms with Crippen molar-refractivity contribution in [2.24, 2.45) is 5.10 Å². The number of hydrazone groups is 1. The molecule has 4 rings (SSSR count). The summed E-state index contributed by atoms with van der Waals surface area (Å²) in [6.45, 7) is 1.97. The minimum atomic E-state index is -0.321. The summed E-state index contributed by atoms with van der Waals surface area (Å²) >= 11 is 0. The molecule has 1 amide bonds. The lowest BCUT2D eigenvalue weighted by Gasteiger charge is -2.20. The second-order valence-electron chi connectivity index (χ2n) is 6.30. The smallest absolute Gasteiger partial charge is 0.274 e. The van der Waals surface area contributed by atoms with E-state index in [1.54, 1.807) is 36.6 Å². The Balaban J connectivity index is 1.70. The lowest BCUT2D eigenvalue weighted by atomic mass is 10.0. The number of rotatable bonds is 3. The maximum Gasteiger partial charge on any atom is 0.274 e. The predicted octanol–water partition coefficient (Wildman–Crippen LogP) is 4.72. The fraction of sp³-hybridized carbons (Fsp3) is 0.143. The summed E-state index contributed by atoms with van der Waals surface area (Å²) < 4.78 is 18.7. The van der Waals surface area contributed by atoms with Crippen LogP contribution in [0, 0.1) is 12.7 Å². The number of halogens is 1. The molecule has 1 unspecified atom stereocenters. The van der Waals surface area contributed by atoms with Crippen LogP contribution in [0.3, 0.4) is 0 Å². The monoisotopic (exact) mass is 348 g/mol. The molecule has 4 nitrogen and oxygen atoms in total. The van der Waals surface area contributed by atoms with Gasteiger partial charge in [-0.3, -0.25) is 4.79 Å². The zero-order valence-electron chi connectivity index (χ0n) is 14.2. The Hall–Kier alpha value is -3.21. The van der Waals surface area contributed by atoms with Crippen LogP contribution in [0.25, 0.3) is 0 Å². The number of hydrogen-bond acceptors (Lipinski definition) is 3. The molecule has 3 aromatic rings. The molecule has 0 aliphatic carbocycles. The molecule has 0 fully saturated rings. The lowest BCUT2D eigenvalue weighted by molar-refractivity contribution is 0.0693. The van der Waals surface area contributed by atoms with Gasteiger partial charge in [-0.25, -0.2) is 9.40 Å². The lowest BCUT2D eigenvalue weighted by Crippen LogP contribution is -2.26. The highest BCUT2D eigenvalue weighted by Crippen LogP contribution is 2.34. The highest BCUT2D eigenvalue weighted by molar-refractivity contribution is 6.04. The summed E-state index contributed by atoms with van der Waals surface area (Å²) in [5.74, 6) is 0.178. The first-order valence-electron chi connectivity index (χ1n) is 8.39. The molecule has 1 aliphatic heterocycles. The van der Waals surface area contributed by atoms with Gasteiger partial charge in [-0.05, 0) is 48.9 Å². The maximum absolute atomic E-state index is 13.2. The van der Waals surface area contributed by atoms with Crippen molar-refractivity contribution in [1.29, 1.82) is 0 Å². The summed E-state index contributed by atoms with van der Waals surface area (Å²) in [4.78, 5) is 13.0. The van der Waals surface area contributed by atoms with E-state index in [0.717, 1.165) is 16.8 Å². The van der Waals surface area contributed by atoms with Gasteiger partial charge in [-0.2, -0.15) is 5.10 Å². The fourth-order valence-electron chi connectivity index (χ4n) is 3.05. The summed E-state index contributed by atoms with van der Waals surface area (Å²) in [6.07, 6.45) is 2.09. The van der Waals surface area contributed by atoms with E-state index in [2.05, 4.69) is 5.10 Å². The molecule has 0 N–H and O–H groups in total. The maximum atomic E-state index is 13.2. The summed E-state index contributed by atoms with van der Waals surface area (Å²) in [5.41, 5.74) is 3.17. The number of carbonyl (C=O) groups excluding carboxylic acids is 1. The molecule has 1 aromatic heterocycles. The molecule has 0 saturated carbocycles. The molecule has 2 heterocycles. The number of aryl methyl sites for hydroxylation is 1. The number of nitrogens with zero attached hydrogens (tertiary/aromatic N) is 2. The molecular formula is C21H17FN2O2. The number of hydrogen-bond donors (Lipinski definition) is 0. The van der Waals surface area contributed by atoms with E-state index in [4.69, 9.17) is 4.42 Å². The van der Waals surface area contributed by atoms with Gasteiger partial charge in [0.25, 0.3) is 5.91 Å². The van der Waals surface area contributed by atoms with Crippen LogP contribution < -0.4 is 0 Å². The Morgan fingerprint density at radius 1 is 1.12 bits per heavy atom. The minimum absolute atomic E-state index is 0.191. The van der Waals surface area contributed by atoms with E-state index in [0.29, 0.717) is 17.7 Å². The summed E-state index contributed by atoms with van der Waals surface area (Å²) in [5, 5.41) is 6.00. The van der Waals surface area contributed by atoms with Crippen LogP contribution in [0.4, 0.5) is 4.39 Å². The van der Waals surface area contributed by atoms with Gasteiger partial charge in [0.15, 0.2) is 0 Å². The van der Waals surface area contributed by atoms with E-state index in [-0.39, 0.29) is 17.8 Å². The van der Waals surface area contributed by atoms with E-state index in [1.165, 1.54) is 17.1 Å². The molecular weight excluding hydrogens is 331 g/mol. The molecule has 5 heteroatoms. The number of carbonyl (C=O) groups is 1. The molecule has 130 valence electrons. The van der Waals surface area contributed by atoms with Crippen molar-refractivity contribution >= 4 is 11.6 Å². The molecule has 2 aromatic carbocycles. The van der Waals surface area contributed by atoms with Crippen molar-refractivity contribution < 1.29 is 13.6 Å². The SMILES string of the molecule is Cc1ccc(C(=O)N2N=C(c3ccc(F)cc3)CC2c2ccco2)cc1. The summed E-state index contributed by atoms with van der Waals surface area (Å²) in [7, 11) is 0. The average molecular weight is 348 g/mol. The number of amides is 1. The van der Waals surface area contributed by atoms with Gasteiger partial charge >= 0.3 is 0 Å². The van der Waals surface area contributed by atoms with Crippen molar-refractivity contribution in [3.8, 4) is 0 Å². The van der Waals surface area contributed by atoms with Gasteiger partial charge in [0.2, 0.25) is 0 Å². The van der Waals surface area contributed by atoms with E-state index >= 15 is 0 Å². The third-order valence-electron chi connectivity index (χ3n) is 4.47. The number of furan rings is 1. The third kappa shape index (κ3) is 3.04. The van der Waals surface area contributed by atoms with Gasteiger partial charge in [-0.1, -0.05) is 29.8 Å². The fourth-order valence-corrected chi connectivity index (χ4v) is 3.05. The van der Waals surface area contributed by atoms with Gasteiger partial charge in [0.05, 0.1) is 12.0 Å². The first-order chi connectivity index (χ1) is 12.6. The van der Waals surface area contributed by atoms with Gasteiger partial charge in [0, 0.05) is 12.0 Å².